The molecule has 3 amide bonds. The van der Waals surface area contributed by atoms with Crippen molar-refractivity contribution in [3.63, 3.8) is 0 Å². The molecule has 0 aliphatic heterocycles. The molecule has 7 heteroatoms. The van der Waals surface area contributed by atoms with Crippen molar-refractivity contribution in [2.75, 3.05) is 13.6 Å². The van der Waals surface area contributed by atoms with Gasteiger partial charge in [-0.3, -0.25) is 14.4 Å². The molecule has 0 bridgehead atoms. The number of furan rings is 1. The lowest BCUT2D eigenvalue weighted by Crippen LogP contribution is -2.50. The van der Waals surface area contributed by atoms with Crippen molar-refractivity contribution in [2.45, 2.75) is 39.3 Å². The molecule has 2 N–H and O–H groups in total. The van der Waals surface area contributed by atoms with Crippen molar-refractivity contribution in [1.82, 2.24) is 15.5 Å². The minimum Gasteiger partial charge on any atom is -0.459 e. The highest BCUT2D eigenvalue weighted by Gasteiger charge is 2.23. The van der Waals surface area contributed by atoms with E-state index in [-0.39, 0.29) is 29.7 Å². The van der Waals surface area contributed by atoms with Gasteiger partial charge in [0.25, 0.3) is 5.91 Å². The van der Waals surface area contributed by atoms with Crippen molar-refractivity contribution in [1.29, 1.82) is 0 Å². The highest BCUT2D eigenvalue weighted by atomic mass is 16.3. The molecule has 122 valence electrons. The summed E-state index contributed by atoms with van der Waals surface area (Å²) >= 11 is 0. The van der Waals surface area contributed by atoms with Gasteiger partial charge in [-0.05, 0) is 39.8 Å². The number of hydrogen-bond donors (Lipinski definition) is 2. The molecule has 0 fully saturated rings. The van der Waals surface area contributed by atoms with Crippen molar-refractivity contribution >= 4 is 17.7 Å². The van der Waals surface area contributed by atoms with Crippen molar-refractivity contribution in [2.24, 2.45) is 0 Å². The van der Waals surface area contributed by atoms with Crippen LogP contribution in [0.25, 0.3) is 0 Å². The molecule has 0 spiro atoms. The Bertz CT molecular complexity index is 531. The van der Waals surface area contributed by atoms with E-state index in [0.717, 1.165) is 0 Å². The van der Waals surface area contributed by atoms with Crippen LogP contribution >= 0.6 is 0 Å². The Morgan fingerprint density at radius 1 is 1.32 bits per heavy atom. The second kappa shape index (κ2) is 7.11. The number of nitrogens with zero attached hydrogens (tertiary/aromatic N) is 1. The SMILES string of the molecule is C[C@H](NC(=O)c1ccco1)C(=O)N(C)CC(=O)NC(C)(C)C. The third kappa shape index (κ3) is 5.59. The van der Waals surface area contributed by atoms with Crippen LogP contribution in [0.5, 0.6) is 0 Å². The van der Waals surface area contributed by atoms with Gasteiger partial charge < -0.3 is 20.0 Å². The first-order chi connectivity index (χ1) is 10.1. The van der Waals surface area contributed by atoms with E-state index in [9.17, 15) is 14.4 Å². The zero-order chi connectivity index (χ0) is 16.9. The van der Waals surface area contributed by atoms with Gasteiger partial charge in [0, 0.05) is 12.6 Å². The summed E-state index contributed by atoms with van der Waals surface area (Å²) in [5.74, 6) is -0.956. The maximum absolute atomic E-state index is 12.1. The molecule has 1 heterocycles. The van der Waals surface area contributed by atoms with Crippen LogP contribution in [-0.4, -0.2) is 47.8 Å². The second-order valence-corrected chi connectivity index (χ2v) is 6.16. The standard InChI is InChI=1S/C15H23N3O4/c1-10(16-13(20)11-7-6-8-22-11)14(21)18(5)9-12(19)17-15(2,3)4/h6-8,10H,9H2,1-5H3,(H,16,20)(H,17,19)/t10-/m0/s1. The predicted molar refractivity (Wildman–Crippen MR) is 81.2 cm³/mol. The average Bonchev–Trinajstić information content (AvgIpc) is 2.88. The fourth-order valence-electron chi connectivity index (χ4n) is 1.82. The summed E-state index contributed by atoms with van der Waals surface area (Å²) in [4.78, 5) is 37.0. The molecule has 7 nitrogen and oxygen atoms in total. The van der Waals surface area contributed by atoms with Crippen molar-refractivity contribution in [3.8, 4) is 0 Å². The van der Waals surface area contributed by atoms with Crippen LogP contribution in [0, 0.1) is 0 Å². The van der Waals surface area contributed by atoms with Crippen LogP contribution < -0.4 is 10.6 Å². The monoisotopic (exact) mass is 309 g/mol. The largest absolute Gasteiger partial charge is 0.459 e. The number of likely N-dealkylation sites (N-methyl/N-ethyl adjacent to an activating group) is 1. The molecule has 1 aromatic rings. The number of carbonyl (C=O) groups is 3. The van der Waals surface area contributed by atoms with Gasteiger partial charge in [-0.1, -0.05) is 0 Å². The zero-order valence-corrected chi connectivity index (χ0v) is 13.6. The highest BCUT2D eigenvalue weighted by molar-refractivity contribution is 5.96. The van der Waals surface area contributed by atoms with Crippen LogP contribution in [0.3, 0.4) is 0 Å². The molecule has 0 aromatic carbocycles. The molecule has 22 heavy (non-hydrogen) atoms. The number of rotatable bonds is 5. The predicted octanol–water partition coefficient (Wildman–Crippen LogP) is 0.771. The Morgan fingerprint density at radius 2 is 1.95 bits per heavy atom. The Labute approximate surface area is 130 Å². The summed E-state index contributed by atoms with van der Waals surface area (Å²) in [7, 11) is 1.51. The highest BCUT2D eigenvalue weighted by Crippen LogP contribution is 2.02. The van der Waals surface area contributed by atoms with Gasteiger partial charge in [0.1, 0.15) is 6.04 Å². The third-order valence-corrected chi connectivity index (χ3v) is 2.73. The first-order valence-corrected chi connectivity index (χ1v) is 7.00. The summed E-state index contributed by atoms with van der Waals surface area (Å²) in [6, 6.07) is 2.34. The zero-order valence-electron chi connectivity index (χ0n) is 13.6. The van der Waals surface area contributed by atoms with E-state index in [2.05, 4.69) is 10.6 Å². The molecule has 0 unspecified atom stereocenters. The summed E-state index contributed by atoms with van der Waals surface area (Å²) in [6.07, 6.45) is 1.38. The Hall–Kier alpha value is -2.31. The smallest absolute Gasteiger partial charge is 0.287 e. The Balaban J connectivity index is 2.51. The van der Waals surface area contributed by atoms with Gasteiger partial charge in [-0.2, -0.15) is 0 Å². The number of amides is 3. The molecule has 0 aliphatic rings. The van der Waals surface area contributed by atoms with Gasteiger partial charge in [-0.15, -0.1) is 0 Å². The van der Waals surface area contributed by atoms with Crippen molar-refractivity contribution in [3.05, 3.63) is 24.2 Å². The first kappa shape index (κ1) is 17.7. The van der Waals surface area contributed by atoms with Crippen LogP contribution in [0.15, 0.2) is 22.8 Å². The van der Waals surface area contributed by atoms with E-state index in [1.807, 2.05) is 20.8 Å². The maximum Gasteiger partial charge on any atom is 0.287 e. The summed E-state index contributed by atoms with van der Waals surface area (Å²) in [6.45, 7) is 7.06. The molecule has 0 saturated heterocycles. The minimum absolute atomic E-state index is 0.0724. The van der Waals surface area contributed by atoms with Gasteiger partial charge >= 0.3 is 0 Å². The minimum atomic E-state index is -0.759. The second-order valence-electron chi connectivity index (χ2n) is 6.16. The third-order valence-electron chi connectivity index (χ3n) is 2.73. The van der Waals surface area contributed by atoms with Crippen molar-refractivity contribution < 1.29 is 18.8 Å². The van der Waals surface area contributed by atoms with E-state index in [0.29, 0.717) is 0 Å². The van der Waals surface area contributed by atoms with E-state index >= 15 is 0 Å². The van der Waals surface area contributed by atoms with E-state index < -0.39 is 11.9 Å². The van der Waals surface area contributed by atoms with E-state index in [1.165, 1.54) is 24.3 Å². The molecule has 0 radical (unpaired) electrons. The topological polar surface area (TPSA) is 91.7 Å². The first-order valence-electron chi connectivity index (χ1n) is 7.00. The summed E-state index contributed by atoms with van der Waals surface area (Å²) in [5.41, 5.74) is -0.361. The lowest BCUT2D eigenvalue weighted by Gasteiger charge is -2.25. The van der Waals surface area contributed by atoms with Crippen LogP contribution in [0.1, 0.15) is 38.2 Å². The van der Waals surface area contributed by atoms with E-state index in [1.54, 1.807) is 13.0 Å². The van der Waals surface area contributed by atoms with Gasteiger partial charge in [0.15, 0.2) is 5.76 Å². The lowest BCUT2D eigenvalue weighted by molar-refractivity contribution is -0.136. The normalized spacial score (nSPS) is 12.4. The number of hydrogen-bond acceptors (Lipinski definition) is 4. The van der Waals surface area contributed by atoms with Crippen LogP contribution in [-0.2, 0) is 9.59 Å². The molecule has 0 saturated carbocycles. The number of nitrogens with one attached hydrogen (secondary N) is 2. The molecular weight excluding hydrogens is 286 g/mol. The Morgan fingerprint density at radius 3 is 2.45 bits per heavy atom. The molecule has 1 rings (SSSR count). The lowest BCUT2D eigenvalue weighted by atomic mass is 10.1. The van der Waals surface area contributed by atoms with Gasteiger partial charge in [-0.25, -0.2) is 0 Å². The van der Waals surface area contributed by atoms with Gasteiger partial charge in [0.2, 0.25) is 11.8 Å². The quantitative estimate of drug-likeness (QED) is 0.840. The summed E-state index contributed by atoms with van der Waals surface area (Å²) < 4.78 is 4.95. The average molecular weight is 309 g/mol. The van der Waals surface area contributed by atoms with Gasteiger partial charge in [0.05, 0.1) is 12.8 Å². The molecule has 1 aromatic heterocycles. The fraction of sp³-hybridized carbons (Fsp3) is 0.533. The van der Waals surface area contributed by atoms with Crippen LogP contribution in [0.2, 0.25) is 0 Å². The molecular formula is C15H23N3O4. The molecule has 1 atom stereocenters. The van der Waals surface area contributed by atoms with E-state index in [4.69, 9.17) is 4.42 Å². The van der Waals surface area contributed by atoms with Crippen LogP contribution in [0.4, 0.5) is 0 Å². The number of carbonyl (C=O) groups excluding carboxylic acids is 3. The Kier molecular flexibility index (Phi) is 5.73. The maximum atomic E-state index is 12.1. The fourth-order valence-corrected chi connectivity index (χ4v) is 1.82. The molecule has 0 aliphatic carbocycles. The summed E-state index contributed by atoms with van der Waals surface area (Å²) in [5, 5.41) is 5.30.